The van der Waals surface area contributed by atoms with E-state index in [2.05, 4.69) is 22.2 Å². The second-order valence-electron chi connectivity index (χ2n) is 6.11. The minimum atomic E-state index is -3.58. The smallest absolute Gasteiger partial charge is 0.262 e. The predicted octanol–water partition coefficient (Wildman–Crippen LogP) is 4.45. The van der Waals surface area contributed by atoms with E-state index in [4.69, 9.17) is 0 Å². The second kappa shape index (κ2) is 8.06. The zero-order chi connectivity index (χ0) is 18.4. The molecule has 3 rings (SSSR count). The number of hydrogen-bond acceptors (Lipinski definition) is 3. The van der Waals surface area contributed by atoms with E-state index in [0.717, 1.165) is 24.2 Å². The van der Waals surface area contributed by atoms with Gasteiger partial charge in [-0.25, -0.2) is 8.42 Å². The predicted molar refractivity (Wildman–Crippen MR) is 107 cm³/mol. The van der Waals surface area contributed by atoms with E-state index < -0.39 is 10.0 Å². The Labute approximate surface area is 155 Å². The molecule has 3 aromatic carbocycles. The van der Waals surface area contributed by atoms with E-state index in [1.54, 1.807) is 37.3 Å². The first-order valence-corrected chi connectivity index (χ1v) is 9.99. The molecule has 0 saturated heterocycles. The highest BCUT2D eigenvalue weighted by molar-refractivity contribution is 7.92. The number of aryl methyl sites for hydroxylation is 1. The highest BCUT2D eigenvalue weighted by Crippen LogP contribution is 2.20. The average Bonchev–Trinajstić information content (AvgIpc) is 2.64. The lowest BCUT2D eigenvalue weighted by Gasteiger charge is -2.11. The second-order valence-corrected chi connectivity index (χ2v) is 7.76. The fourth-order valence-electron chi connectivity index (χ4n) is 2.72. The van der Waals surface area contributed by atoms with Crippen molar-refractivity contribution < 1.29 is 8.42 Å². The fraction of sp³-hybridized carbons (Fsp3) is 0.143. The first kappa shape index (κ1) is 18.0. The van der Waals surface area contributed by atoms with Gasteiger partial charge in [-0.15, -0.1) is 0 Å². The van der Waals surface area contributed by atoms with Crippen molar-refractivity contribution in [3.8, 4) is 0 Å². The molecule has 0 atom stereocenters. The van der Waals surface area contributed by atoms with Crippen molar-refractivity contribution in [3.63, 3.8) is 0 Å². The van der Waals surface area contributed by atoms with Crippen LogP contribution in [0.15, 0.2) is 83.8 Å². The molecule has 0 spiro atoms. The molecule has 0 aliphatic heterocycles. The highest BCUT2D eigenvalue weighted by atomic mass is 32.2. The van der Waals surface area contributed by atoms with Gasteiger partial charge in [0.05, 0.1) is 4.90 Å². The van der Waals surface area contributed by atoms with Crippen molar-refractivity contribution in [1.29, 1.82) is 0 Å². The van der Waals surface area contributed by atoms with Gasteiger partial charge in [-0.1, -0.05) is 48.5 Å². The van der Waals surface area contributed by atoms with Gasteiger partial charge in [-0.05, 0) is 54.8 Å². The van der Waals surface area contributed by atoms with E-state index in [1.807, 2.05) is 36.4 Å². The van der Waals surface area contributed by atoms with Crippen LogP contribution in [0.1, 0.15) is 11.1 Å². The van der Waals surface area contributed by atoms with Gasteiger partial charge in [0.1, 0.15) is 0 Å². The minimum Gasteiger partial charge on any atom is -0.385 e. The molecule has 0 unspecified atom stereocenters. The first-order valence-electron chi connectivity index (χ1n) is 8.51. The van der Waals surface area contributed by atoms with E-state index in [9.17, 15) is 8.42 Å². The molecule has 3 aromatic rings. The molecule has 0 radical (unpaired) electrons. The summed E-state index contributed by atoms with van der Waals surface area (Å²) in [4.78, 5) is 0.296. The fourth-order valence-corrected chi connectivity index (χ4v) is 4.03. The largest absolute Gasteiger partial charge is 0.385 e. The molecule has 26 heavy (non-hydrogen) atoms. The SMILES string of the molecule is Cc1ccccc1S(=O)(=O)Nc1ccc(NCCc2ccccc2)cc1. The summed E-state index contributed by atoms with van der Waals surface area (Å²) in [6, 6.07) is 24.5. The van der Waals surface area contributed by atoms with Gasteiger partial charge in [0.25, 0.3) is 10.0 Å². The molecule has 0 aliphatic carbocycles. The molecule has 5 heteroatoms. The van der Waals surface area contributed by atoms with Crippen molar-refractivity contribution in [2.45, 2.75) is 18.2 Å². The third-order valence-electron chi connectivity index (χ3n) is 4.11. The Hall–Kier alpha value is -2.79. The number of rotatable bonds is 7. The Bertz CT molecular complexity index is 953. The van der Waals surface area contributed by atoms with Gasteiger partial charge >= 0.3 is 0 Å². The van der Waals surface area contributed by atoms with Crippen molar-refractivity contribution in [2.75, 3.05) is 16.6 Å². The Morgan fingerprint density at radius 2 is 1.38 bits per heavy atom. The van der Waals surface area contributed by atoms with E-state index in [0.29, 0.717) is 10.6 Å². The van der Waals surface area contributed by atoms with Crippen LogP contribution >= 0.6 is 0 Å². The van der Waals surface area contributed by atoms with Crippen LogP contribution < -0.4 is 10.0 Å². The van der Waals surface area contributed by atoms with Crippen molar-refractivity contribution >= 4 is 21.4 Å². The normalized spacial score (nSPS) is 11.1. The highest BCUT2D eigenvalue weighted by Gasteiger charge is 2.16. The lowest BCUT2D eigenvalue weighted by Crippen LogP contribution is -2.14. The van der Waals surface area contributed by atoms with Crippen molar-refractivity contribution in [3.05, 3.63) is 90.0 Å². The summed E-state index contributed by atoms with van der Waals surface area (Å²) in [6.07, 6.45) is 0.933. The maximum Gasteiger partial charge on any atom is 0.262 e. The summed E-state index contributed by atoms with van der Waals surface area (Å²) >= 11 is 0. The van der Waals surface area contributed by atoms with Crippen LogP contribution in [0.4, 0.5) is 11.4 Å². The maximum absolute atomic E-state index is 12.5. The molecule has 0 saturated carbocycles. The summed E-state index contributed by atoms with van der Waals surface area (Å²) in [5.74, 6) is 0. The molecule has 0 heterocycles. The van der Waals surface area contributed by atoms with Crippen LogP contribution in [0, 0.1) is 6.92 Å². The van der Waals surface area contributed by atoms with Crippen molar-refractivity contribution in [1.82, 2.24) is 0 Å². The molecule has 0 fully saturated rings. The number of anilines is 2. The monoisotopic (exact) mass is 366 g/mol. The Morgan fingerprint density at radius 3 is 2.08 bits per heavy atom. The summed E-state index contributed by atoms with van der Waals surface area (Å²) < 4.78 is 27.6. The van der Waals surface area contributed by atoms with Crippen molar-refractivity contribution in [2.24, 2.45) is 0 Å². The van der Waals surface area contributed by atoms with E-state index in [1.165, 1.54) is 5.56 Å². The number of sulfonamides is 1. The lowest BCUT2D eigenvalue weighted by atomic mass is 10.1. The van der Waals surface area contributed by atoms with Crippen LogP contribution in [-0.4, -0.2) is 15.0 Å². The average molecular weight is 366 g/mol. The van der Waals surface area contributed by atoms with Crippen LogP contribution in [-0.2, 0) is 16.4 Å². The van der Waals surface area contributed by atoms with E-state index >= 15 is 0 Å². The molecular formula is C21H22N2O2S. The maximum atomic E-state index is 12.5. The minimum absolute atomic E-state index is 0.296. The summed E-state index contributed by atoms with van der Waals surface area (Å²) in [7, 11) is -3.58. The third-order valence-corrected chi connectivity index (χ3v) is 5.65. The van der Waals surface area contributed by atoms with Crippen LogP contribution in [0.2, 0.25) is 0 Å². The first-order chi connectivity index (χ1) is 12.5. The van der Waals surface area contributed by atoms with Gasteiger partial charge in [0.15, 0.2) is 0 Å². The molecule has 0 aliphatic rings. The zero-order valence-electron chi connectivity index (χ0n) is 14.6. The molecule has 4 nitrogen and oxygen atoms in total. The summed E-state index contributed by atoms with van der Waals surface area (Å²) in [5.41, 5.74) is 3.50. The molecule has 134 valence electrons. The van der Waals surface area contributed by atoms with Gasteiger partial charge in [0.2, 0.25) is 0 Å². The number of nitrogens with one attached hydrogen (secondary N) is 2. The van der Waals surface area contributed by atoms with Crippen LogP contribution in [0.25, 0.3) is 0 Å². The van der Waals surface area contributed by atoms with E-state index in [-0.39, 0.29) is 0 Å². The van der Waals surface area contributed by atoms with Crippen LogP contribution in [0.5, 0.6) is 0 Å². The van der Waals surface area contributed by atoms with Gasteiger partial charge in [-0.2, -0.15) is 0 Å². The Balaban J connectivity index is 1.60. The number of hydrogen-bond donors (Lipinski definition) is 2. The Morgan fingerprint density at radius 1 is 0.769 bits per heavy atom. The van der Waals surface area contributed by atoms with Gasteiger partial charge in [-0.3, -0.25) is 4.72 Å². The van der Waals surface area contributed by atoms with Crippen LogP contribution in [0.3, 0.4) is 0 Å². The lowest BCUT2D eigenvalue weighted by molar-refractivity contribution is 0.600. The number of benzene rings is 3. The van der Waals surface area contributed by atoms with Gasteiger partial charge in [0, 0.05) is 17.9 Å². The molecule has 0 bridgehead atoms. The Kier molecular flexibility index (Phi) is 5.58. The summed E-state index contributed by atoms with van der Waals surface area (Å²) in [5, 5.41) is 3.35. The summed E-state index contributed by atoms with van der Waals surface area (Å²) in [6.45, 7) is 2.60. The molecule has 2 N–H and O–H groups in total. The molecule has 0 aromatic heterocycles. The van der Waals surface area contributed by atoms with Gasteiger partial charge < -0.3 is 5.32 Å². The molecule has 0 amide bonds. The molecular weight excluding hydrogens is 344 g/mol. The standard InChI is InChI=1S/C21H22N2O2S/c1-17-7-5-6-10-21(17)26(24,25)23-20-13-11-19(12-14-20)22-16-15-18-8-3-2-4-9-18/h2-14,22-23H,15-16H2,1H3. The third kappa shape index (κ3) is 4.64. The zero-order valence-corrected chi connectivity index (χ0v) is 15.5. The topological polar surface area (TPSA) is 58.2 Å². The quantitative estimate of drug-likeness (QED) is 0.649.